The van der Waals surface area contributed by atoms with Gasteiger partial charge in [0.15, 0.2) is 0 Å². The van der Waals surface area contributed by atoms with Crippen LogP contribution >= 0.6 is 0 Å². The van der Waals surface area contributed by atoms with Crippen LogP contribution in [0.5, 0.6) is 0 Å². The summed E-state index contributed by atoms with van der Waals surface area (Å²) in [5.74, 6) is 2.83. The molecule has 2 aromatic rings. The second-order valence-electron chi connectivity index (χ2n) is 8.64. The molecule has 0 aliphatic carbocycles. The van der Waals surface area contributed by atoms with Gasteiger partial charge in [-0.1, -0.05) is 108 Å². The fourth-order valence-corrected chi connectivity index (χ4v) is 8.82. The number of unbranched alkanes of at least 4 members (excludes halogenated alkanes) is 2. The fourth-order valence-electron chi connectivity index (χ4n) is 4.07. The van der Waals surface area contributed by atoms with E-state index < -0.39 is 8.32 Å². The van der Waals surface area contributed by atoms with Crippen LogP contribution in [0.2, 0.25) is 5.04 Å². The monoisotopic (exact) mass is 392 g/mol. The zero-order chi connectivity index (χ0) is 20.5. The molecule has 0 unspecified atom stereocenters. The minimum absolute atomic E-state index is 0.00879. The third kappa shape index (κ3) is 5.37. The predicted molar refractivity (Wildman–Crippen MR) is 125 cm³/mol. The number of hydrogen-bond acceptors (Lipinski definition) is 1. The Labute approximate surface area is 173 Å². The third-order valence-electron chi connectivity index (χ3n) is 5.50. The average molecular weight is 393 g/mol. The maximum absolute atomic E-state index is 7.27. The molecule has 0 aromatic heterocycles. The Morgan fingerprint density at radius 3 is 1.86 bits per heavy atom. The Morgan fingerprint density at radius 1 is 0.893 bits per heavy atom. The van der Waals surface area contributed by atoms with Crippen LogP contribution in [0.3, 0.4) is 0 Å². The van der Waals surface area contributed by atoms with E-state index in [0.717, 1.165) is 19.3 Å². The van der Waals surface area contributed by atoms with Gasteiger partial charge in [-0.2, -0.15) is 0 Å². The van der Waals surface area contributed by atoms with Crippen LogP contribution in [0.15, 0.2) is 60.7 Å². The first kappa shape index (κ1) is 22.5. The molecule has 0 spiro atoms. The van der Waals surface area contributed by atoms with E-state index in [1.807, 2.05) is 0 Å². The lowest BCUT2D eigenvalue weighted by molar-refractivity contribution is 0.165. The van der Waals surface area contributed by atoms with Gasteiger partial charge >= 0.3 is 0 Å². The molecule has 2 heteroatoms. The second-order valence-corrected chi connectivity index (χ2v) is 12.9. The van der Waals surface area contributed by atoms with Gasteiger partial charge in [0.25, 0.3) is 8.32 Å². The van der Waals surface area contributed by atoms with Crippen molar-refractivity contribution in [3.8, 4) is 12.3 Å². The van der Waals surface area contributed by atoms with Gasteiger partial charge < -0.3 is 4.43 Å². The topological polar surface area (TPSA) is 9.23 Å². The van der Waals surface area contributed by atoms with Crippen LogP contribution in [-0.2, 0) is 4.43 Å². The molecule has 0 heterocycles. The summed E-state index contributed by atoms with van der Waals surface area (Å²) < 4.78 is 7.27. The normalized spacial score (nSPS) is 13.1. The molecule has 1 atom stereocenters. The SMILES string of the molecule is C#CCC[C@@H](CCCCC)O[Si](c1ccccc1)(c1ccccc1)C(C)(C)C. The van der Waals surface area contributed by atoms with E-state index in [2.05, 4.69) is 94.3 Å². The van der Waals surface area contributed by atoms with Gasteiger partial charge in [0, 0.05) is 12.5 Å². The van der Waals surface area contributed by atoms with E-state index in [4.69, 9.17) is 10.8 Å². The molecule has 2 aromatic carbocycles. The molecule has 0 aliphatic heterocycles. The summed E-state index contributed by atoms with van der Waals surface area (Å²) >= 11 is 0. The first-order chi connectivity index (χ1) is 13.5. The van der Waals surface area contributed by atoms with Crippen molar-refractivity contribution in [3.63, 3.8) is 0 Å². The van der Waals surface area contributed by atoms with Crippen molar-refractivity contribution < 1.29 is 4.43 Å². The molecule has 150 valence electrons. The van der Waals surface area contributed by atoms with Crippen molar-refractivity contribution in [2.24, 2.45) is 0 Å². The molecule has 0 radical (unpaired) electrons. The lowest BCUT2D eigenvalue weighted by Gasteiger charge is -2.45. The van der Waals surface area contributed by atoms with Gasteiger partial charge in [0.05, 0.1) is 0 Å². The molecule has 0 aliphatic rings. The van der Waals surface area contributed by atoms with E-state index in [0.29, 0.717) is 0 Å². The summed E-state index contributed by atoms with van der Waals surface area (Å²) in [6, 6.07) is 21.8. The lowest BCUT2D eigenvalue weighted by Crippen LogP contribution is -2.67. The van der Waals surface area contributed by atoms with Crippen molar-refractivity contribution in [2.45, 2.75) is 77.4 Å². The Hall–Kier alpha value is -1.82. The Kier molecular flexibility index (Phi) is 8.54. The summed E-state index contributed by atoms with van der Waals surface area (Å²) in [6.45, 7) is 9.26. The summed E-state index contributed by atoms with van der Waals surface area (Å²) in [5.41, 5.74) is 0. The Balaban J connectivity index is 2.54. The molecule has 2 rings (SSSR count). The van der Waals surface area contributed by atoms with Crippen molar-refractivity contribution in [2.75, 3.05) is 0 Å². The average Bonchev–Trinajstić information content (AvgIpc) is 2.70. The van der Waals surface area contributed by atoms with Crippen LogP contribution in [-0.4, -0.2) is 14.4 Å². The molecule has 0 saturated heterocycles. The van der Waals surface area contributed by atoms with Crippen LogP contribution in [0.1, 0.15) is 66.2 Å². The van der Waals surface area contributed by atoms with Gasteiger partial charge in [-0.25, -0.2) is 0 Å². The highest BCUT2D eigenvalue weighted by molar-refractivity contribution is 6.99. The van der Waals surface area contributed by atoms with Crippen LogP contribution < -0.4 is 10.4 Å². The number of hydrogen-bond donors (Lipinski definition) is 0. The number of benzene rings is 2. The molecule has 0 saturated carbocycles. The van der Waals surface area contributed by atoms with Gasteiger partial charge in [-0.05, 0) is 28.3 Å². The minimum atomic E-state index is -2.49. The van der Waals surface area contributed by atoms with Crippen LogP contribution in [0, 0.1) is 12.3 Å². The molecule has 0 N–H and O–H groups in total. The summed E-state index contributed by atoms with van der Waals surface area (Å²) in [5, 5.41) is 2.69. The molecule has 28 heavy (non-hydrogen) atoms. The van der Waals surface area contributed by atoms with Crippen LogP contribution in [0.4, 0.5) is 0 Å². The van der Waals surface area contributed by atoms with E-state index in [1.165, 1.54) is 29.6 Å². The van der Waals surface area contributed by atoms with E-state index in [9.17, 15) is 0 Å². The highest BCUT2D eigenvalue weighted by atomic mass is 28.4. The first-order valence-electron chi connectivity index (χ1n) is 10.7. The standard InChI is InChI=1S/C26H36OSi/c1-6-8-12-18-23(17-9-7-2)27-28(26(3,4)5,24-19-13-10-14-20-24)25-21-15-11-16-22-25/h2,10-11,13-16,19-23H,6,8-9,12,17-18H2,1,3-5H3/t23-/m0/s1. The smallest absolute Gasteiger partial charge is 0.261 e. The van der Waals surface area contributed by atoms with Crippen molar-refractivity contribution >= 4 is 18.7 Å². The largest absolute Gasteiger partial charge is 0.404 e. The summed E-state index contributed by atoms with van der Waals surface area (Å²) in [7, 11) is -2.49. The zero-order valence-corrected chi connectivity index (χ0v) is 19.1. The highest BCUT2D eigenvalue weighted by Crippen LogP contribution is 2.38. The van der Waals surface area contributed by atoms with Crippen molar-refractivity contribution in [1.82, 2.24) is 0 Å². The van der Waals surface area contributed by atoms with Crippen LogP contribution in [0.25, 0.3) is 0 Å². The quantitative estimate of drug-likeness (QED) is 0.277. The Bertz CT molecular complexity index is 685. The molecular weight excluding hydrogens is 356 g/mol. The summed E-state index contributed by atoms with van der Waals surface area (Å²) in [4.78, 5) is 0. The van der Waals surface area contributed by atoms with Crippen molar-refractivity contribution in [1.29, 1.82) is 0 Å². The van der Waals surface area contributed by atoms with Gasteiger partial charge in [-0.3, -0.25) is 0 Å². The fraction of sp³-hybridized carbons (Fsp3) is 0.462. The maximum atomic E-state index is 7.27. The van der Waals surface area contributed by atoms with E-state index >= 15 is 0 Å². The molecule has 1 nitrogen and oxygen atoms in total. The molecule has 0 amide bonds. The Morgan fingerprint density at radius 2 is 1.43 bits per heavy atom. The first-order valence-corrected chi connectivity index (χ1v) is 12.6. The minimum Gasteiger partial charge on any atom is -0.404 e. The molecular formula is C26H36OSi. The van der Waals surface area contributed by atoms with E-state index in [1.54, 1.807) is 0 Å². The lowest BCUT2D eigenvalue weighted by atomic mass is 10.1. The molecule has 0 fully saturated rings. The number of rotatable bonds is 10. The summed E-state index contributed by atoms with van der Waals surface area (Å²) in [6.07, 6.45) is 12.3. The molecule has 0 bridgehead atoms. The zero-order valence-electron chi connectivity index (χ0n) is 18.1. The van der Waals surface area contributed by atoms with Gasteiger partial charge in [0.2, 0.25) is 0 Å². The predicted octanol–water partition coefficient (Wildman–Crippen LogP) is 5.93. The number of terminal acetylenes is 1. The van der Waals surface area contributed by atoms with E-state index in [-0.39, 0.29) is 11.1 Å². The third-order valence-corrected chi connectivity index (χ3v) is 10.6. The highest BCUT2D eigenvalue weighted by Gasteiger charge is 2.51. The maximum Gasteiger partial charge on any atom is 0.261 e. The van der Waals surface area contributed by atoms with Gasteiger partial charge in [0.1, 0.15) is 0 Å². The second kappa shape index (κ2) is 10.6. The van der Waals surface area contributed by atoms with Gasteiger partial charge in [-0.15, -0.1) is 12.3 Å². The van der Waals surface area contributed by atoms with Crippen molar-refractivity contribution in [3.05, 3.63) is 60.7 Å².